The van der Waals surface area contributed by atoms with Crippen LogP contribution in [0.15, 0.2) is 0 Å². The molecule has 1 unspecified atom stereocenters. The van der Waals surface area contributed by atoms with E-state index in [4.69, 9.17) is 11.0 Å². The summed E-state index contributed by atoms with van der Waals surface area (Å²) in [5, 5.41) is 6.28. The Balaban J connectivity index is 2.94. The quantitative estimate of drug-likeness (QED) is 0.344. The summed E-state index contributed by atoms with van der Waals surface area (Å²) in [5.41, 5.74) is 4.99. The van der Waals surface area contributed by atoms with Crippen molar-refractivity contribution in [3.63, 3.8) is 0 Å². The third kappa shape index (κ3) is 3.45. The monoisotopic (exact) mass is 71.1 g/mol. The zero-order valence-electron chi connectivity index (χ0n) is 3.15. The molecule has 0 bridgehead atoms. The molecule has 0 rings (SSSR count). The van der Waals surface area contributed by atoms with E-state index in [2.05, 4.69) is 6.07 Å². The van der Waals surface area contributed by atoms with E-state index in [-0.39, 0.29) is 6.04 Å². The number of rotatable bonds is 0. The van der Waals surface area contributed by atoms with Crippen LogP contribution >= 0.6 is 0 Å². The van der Waals surface area contributed by atoms with Crippen molar-refractivity contribution in [2.24, 2.45) is 5.73 Å². The van der Waals surface area contributed by atoms with Crippen molar-refractivity contribution in [1.29, 1.82) is 0 Å². The van der Waals surface area contributed by atoms with E-state index in [0.717, 1.165) is 0 Å². The Bertz CT molecular complexity index is 50.4. The van der Waals surface area contributed by atoms with Gasteiger partial charge in [-0.05, 0) is 6.92 Å². The summed E-state index contributed by atoms with van der Waals surface area (Å²) >= 11 is 0. The molecule has 0 aromatic carbocycles. The lowest BCUT2D eigenvalue weighted by atomic mass is 10.4. The van der Waals surface area contributed by atoms with Gasteiger partial charge in [-0.15, -0.1) is 0 Å². The normalized spacial score (nSPS) is 13.0. The van der Waals surface area contributed by atoms with Crippen LogP contribution in [0, 0.1) is 6.07 Å². The number of hydrogen-bond donors (Lipinski definition) is 2. The second-order valence-corrected chi connectivity index (χ2v) is 0.933. The van der Waals surface area contributed by atoms with E-state index in [1.807, 2.05) is 0 Å². The average molecular weight is 71.1 g/mol. The SMILES string of the molecule is CC(N)C#[NH+]. The van der Waals surface area contributed by atoms with Gasteiger partial charge in [0.05, 0.1) is 0 Å². The molecule has 2 nitrogen and oxygen atoms in total. The van der Waals surface area contributed by atoms with Crippen LogP contribution in [0.1, 0.15) is 6.92 Å². The molecular weight excluding hydrogens is 64.0 g/mol. The molecular formula is C3H7N2+. The fourth-order valence-corrected chi connectivity index (χ4v) is 0. The maximum absolute atomic E-state index is 6.28. The topological polar surface area (TPSA) is 49.8 Å². The summed E-state index contributed by atoms with van der Waals surface area (Å²) < 4.78 is 0. The van der Waals surface area contributed by atoms with Gasteiger partial charge in [-0.3, -0.25) is 0 Å². The summed E-state index contributed by atoms with van der Waals surface area (Å²) in [6, 6.07) is 1.86. The van der Waals surface area contributed by atoms with Crippen molar-refractivity contribution in [1.82, 2.24) is 0 Å². The zero-order chi connectivity index (χ0) is 4.28. The number of hydrogen-bond acceptors (Lipinski definition) is 1. The minimum Gasteiger partial charge on any atom is -0.313 e. The molecule has 2 heteroatoms. The zero-order valence-corrected chi connectivity index (χ0v) is 3.15. The van der Waals surface area contributed by atoms with E-state index in [1.54, 1.807) is 6.92 Å². The van der Waals surface area contributed by atoms with Crippen molar-refractivity contribution < 1.29 is 5.26 Å². The molecule has 0 spiro atoms. The first-order chi connectivity index (χ1) is 2.27. The maximum Gasteiger partial charge on any atom is 0.288 e. The Morgan fingerprint density at radius 3 is 2.20 bits per heavy atom. The third-order valence-corrected chi connectivity index (χ3v) is 0.228. The number of nitrogens with two attached hydrogens (primary N) is 1. The predicted octanol–water partition coefficient (Wildman–Crippen LogP) is -1.89. The molecule has 0 saturated carbocycles. The van der Waals surface area contributed by atoms with E-state index in [1.165, 1.54) is 0 Å². The van der Waals surface area contributed by atoms with Gasteiger partial charge in [0.15, 0.2) is 0 Å². The lowest BCUT2D eigenvalue weighted by Gasteiger charge is -1.72. The Hall–Kier alpha value is -0.550. The highest BCUT2D eigenvalue weighted by atomic mass is 14.6. The molecule has 0 aliphatic heterocycles. The summed E-state index contributed by atoms with van der Waals surface area (Å²) in [4.78, 5) is 0. The first-order valence-corrected chi connectivity index (χ1v) is 1.45. The molecule has 1 atom stereocenters. The van der Waals surface area contributed by atoms with Crippen molar-refractivity contribution >= 4 is 0 Å². The molecule has 0 fully saturated rings. The molecule has 3 N–H and O–H groups in total. The van der Waals surface area contributed by atoms with Gasteiger partial charge in [0.1, 0.15) is 6.04 Å². The van der Waals surface area contributed by atoms with Gasteiger partial charge in [-0.1, -0.05) is 5.26 Å². The van der Waals surface area contributed by atoms with E-state index >= 15 is 0 Å². The van der Waals surface area contributed by atoms with Gasteiger partial charge in [0.25, 0.3) is 6.07 Å². The molecule has 0 aromatic rings. The lowest BCUT2D eigenvalue weighted by Crippen LogP contribution is -2.26. The van der Waals surface area contributed by atoms with E-state index in [0.29, 0.717) is 0 Å². The molecule has 0 aliphatic carbocycles. The average Bonchev–Trinajstić information content (AvgIpc) is 1.38. The highest BCUT2D eigenvalue weighted by Crippen LogP contribution is 1.57. The Morgan fingerprint density at radius 2 is 2.20 bits per heavy atom. The number of nitrogens with one attached hydrogen (secondary N) is 1. The van der Waals surface area contributed by atoms with Gasteiger partial charge in [-0.25, -0.2) is 0 Å². The highest BCUT2D eigenvalue weighted by Gasteiger charge is 1.85. The van der Waals surface area contributed by atoms with Crippen LogP contribution in [-0.4, -0.2) is 6.04 Å². The van der Waals surface area contributed by atoms with Gasteiger partial charge in [0, 0.05) is 0 Å². The Morgan fingerprint density at radius 1 is 2.00 bits per heavy atom. The minimum atomic E-state index is -0.199. The van der Waals surface area contributed by atoms with Crippen molar-refractivity contribution in [3.8, 4) is 6.07 Å². The summed E-state index contributed by atoms with van der Waals surface area (Å²) in [7, 11) is 0. The van der Waals surface area contributed by atoms with Gasteiger partial charge >= 0.3 is 0 Å². The fraction of sp³-hybridized carbons (Fsp3) is 0.667. The molecule has 0 amide bonds. The smallest absolute Gasteiger partial charge is 0.288 e. The lowest BCUT2D eigenvalue weighted by molar-refractivity contribution is -0.0955. The van der Waals surface area contributed by atoms with Crippen LogP contribution in [0.25, 0.3) is 0 Å². The first kappa shape index (κ1) is 4.45. The highest BCUT2D eigenvalue weighted by molar-refractivity contribution is 4.78. The van der Waals surface area contributed by atoms with Crippen molar-refractivity contribution in [2.45, 2.75) is 13.0 Å². The first-order valence-electron chi connectivity index (χ1n) is 1.45. The second-order valence-electron chi connectivity index (χ2n) is 0.933. The van der Waals surface area contributed by atoms with Crippen LogP contribution in [0.2, 0.25) is 0 Å². The molecule has 0 heterocycles. The van der Waals surface area contributed by atoms with Crippen LogP contribution in [0.4, 0.5) is 0 Å². The Kier molecular flexibility index (Phi) is 1.55. The molecule has 0 radical (unpaired) electrons. The second kappa shape index (κ2) is 1.74. The predicted molar refractivity (Wildman–Crippen MR) is 18.5 cm³/mol. The van der Waals surface area contributed by atoms with Crippen molar-refractivity contribution in [3.05, 3.63) is 0 Å². The summed E-state index contributed by atoms with van der Waals surface area (Å²) in [6.45, 7) is 1.70. The molecule has 0 aromatic heterocycles. The van der Waals surface area contributed by atoms with Crippen LogP contribution < -0.4 is 11.0 Å². The standard InChI is InChI=1S/C3H6N2/c1-3(5)2-4/h3H,5H2,1H3/p+1. The van der Waals surface area contributed by atoms with Crippen LogP contribution in [0.3, 0.4) is 0 Å². The molecule has 5 heavy (non-hydrogen) atoms. The largest absolute Gasteiger partial charge is 0.313 e. The van der Waals surface area contributed by atoms with Gasteiger partial charge in [0.2, 0.25) is 0 Å². The van der Waals surface area contributed by atoms with Gasteiger partial charge in [-0.2, -0.15) is 0 Å². The maximum atomic E-state index is 6.28. The van der Waals surface area contributed by atoms with Gasteiger partial charge < -0.3 is 5.73 Å². The van der Waals surface area contributed by atoms with E-state index in [9.17, 15) is 0 Å². The Labute approximate surface area is 31.2 Å². The summed E-state index contributed by atoms with van der Waals surface area (Å²) in [5.74, 6) is 0. The molecule has 0 aliphatic rings. The third-order valence-electron chi connectivity index (χ3n) is 0.228. The van der Waals surface area contributed by atoms with Crippen LogP contribution in [-0.2, 0) is 0 Å². The summed E-state index contributed by atoms with van der Waals surface area (Å²) in [6.07, 6.45) is 0. The molecule has 0 saturated heterocycles. The van der Waals surface area contributed by atoms with Crippen molar-refractivity contribution in [2.75, 3.05) is 0 Å². The fourth-order valence-electron chi connectivity index (χ4n) is 0. The minimum absolute atomic E-state index is 0.199. The van der Waals surface area contributed by atoms with E-state index < -0.39 is 0 Å². The molecule has 28 valence electrons. The van der Waals surface area contributed by atoms with Crippen LogP contribution in [0.5, 0.6) is 0 Å².